The SMILES string of the molecule is CCC(=O)c1cccc([N+](=O)[O-])c1.CCCc1ccc(SC)cc1. The van der Waals surface area contributed by atoms with E-state index in [0.717, 1.165) is 0 Å². The highest BCUT2D eigenvalue weighted by atomic mass is 32.2. The van der Waals surface area contributed by atoms with E-state index in [0.29, 0.717) is 12.0 Å². The van der Waals surface area contributed by atoms with Crippen molar-refractivity contribution < 1.29 is 9.72 Å². The average molecular weight is 345 g/mol. The number of thioether (sulfide) groups is 1. The Bertz CT molecular complexity index is 669. The molecule has 128 valence electrons. The number of nitrogens with zero attached hydrogens (tertiary/aromatic N) is 1. The standard InChI is InChI=1S/C10H14S.C9H9NO3/c1-3-4-9-5-7-10(11-2)8-6-9;1-2-9(11)7-4-3-5-8(6-7)10(12)13/h5-8H,3-4H2,1-2H3;3-6H,2H2,1H3. The molecule has 0 aliphatic heterocycles. The fraction of sp³-hybridized carbons (Fsp3) is 0.316. The lowest BCUT2D eigenvalue weighted by molar-refractivity contribution is -0.384. The van der Waals surface area contributed by atoms with Crippen molar-refractivity contribution >= 4 is 23.2 Å². The number of carbonyl (C=O) groups excluding carboxylic acids is 1. The number of aryl methyl sites for hydroxylation is 1. The van der Waals surface area contributed by atoms with Crippen LogP contribution >= 0.6 is 11.8 Å². The first-order valence-corrected chi connectivity index (χ1v) is 9.14. The van der Waals surface area contributed by atoms with E-state index in [4.69, 9.17) is 0 Å². The van der Waals surface area contributed by atoms with E-state index in [1.54, 1.807) is 24.8 Å². The summed E-state index contributed by atoms with van der Waals surface area (Å²) in [6.45, 7) is 3.93. The van der Waals surface area contributed by atoms with Crippen molar-refractivity contribution in [3.63, 3.8) is 0 Å². The van der Waals surface area contributed by atoms with Crippen LogP contribution in [0.1, 0.15) is 42.6 Å². The van der Waals surface area contributed by atoms with Crippen LogP contribution in [-0.4, -0.2) is 17.0 Å². The molecule has 0 saturated carbocycles. The van der Waals surface area contributed by atoms with Gasteiger partial charge in [0.05, 0.1) is 4.92 Å². The number of benzene rings is 2. The summed E-state index contributed by atoms with van der Waals surface area (Å²) in [5.41, 5.74) is 1.81. The Morgan fingerprint density at radius 1 is 1.12 bits per heavy atom. The summed E-state index contributed by atoms with van der Waals surface area (Å²) >= 11 is 1.80. The van der Waals surface area contributed by atoms with E-state index in [-0.39, 0.29) is 11.5 Å². The summed E-state index contributed by atoms with van der Waals surface area (Å²) in [6, 6.07) is 14.6. The zero-order valence-corrected chi connectivity index (χ0v) is 15.1. The predicted molar refractivity (Wildman–Crippen MR) is 99.9 cm³/mol. The Labute approximate surface area is 147 Å². The molecule has 0 spiro atoms. The zero-order valence-electron chi connectivity index (χ0n) is 14.3. The monoisotopic (exact) mass is 345 g/mol. The maximum atomic E-state index is 11.2. The Hall–Kier alpha value is -2.14. The lowest BCUT2D eigenvalue weighted by atomic mass is 10.1. The quantitative estimate of drug-likeness (QED) is 0.298. The second-order valence-electron chi connectivity index (χ2n) is 5.18. The largest absolute Gasteiger partial charge is 0.294 e. The minimum Gasteiger partial charge on any atom is -0.294 e. The first-order valence-electron chi connectivity index (χ1n) is 7.92. The van der Waals surface area contributed by atoms with E-state index in [1.807, 2.05) is 0 Å². The van der Waals surface area contributed by atoms with Crippen LogP contribution in [0.15, 0.2) is 53.4 Å². The summed E-state index contributed by atoms with van der Waals surface area (Å²) in [5.74, 6) is -0.0799. The number of nitro benzene ring substituents is 1. The number of ketones is 1. The molecule has 0 N–H and O–H groups in total. The van der Waals surface area contributed by atoms with Gasteiger partial charge in [-0.2, -0.15) is 0 Å². The normalized spacial score (nSPS) is 9.79. The second kappa shape index (κ2) is 10.6. The maximum absolute atomic E-state index is 11.2. The van der Waals surface area contributed by atoms with E-state index in [1.165, 1.54) is 41.5 Å². The molecule has 5 heteroatoms. The van der Waals surface area contributed by atoms with Gasteiger partial charge in [-0.25, -0.2) is 0 Å². The lowest BCUT2D eigenvalue weighted by Gasteiger charge is -1.99. The molecular formula is C19H23NO3S. The van der Waals surface area contributed by atoms with Crippen molar-refractivity contribution in [1.29, 1.82) is 0 Å². The maximum Gasteiger partial charge on any atom is 0.270 e. The molecule has 0 amide bonds. The lowest BCUT2D eigenvalue weighted by Crippen LogP contribution is -1.97. The smallest absolute Gasteiger partial charge is 0.270 e. The van der Waals surface area contributed by atoms with Gasteiger partial charge in [-0.15, -0.1) is 11.8 Å². The molecule has 0 unspecified atom stereocenters. The topological polar surface area (TPSA) is 60.2 Å². The van der Waals surface area contributed by atoms with E-state index in [9.17, 15) is 14.9 Å². The third-order valence-electron chi connectivity index (χ3n) is 3.40. The van der Waals surface area contributed by atoms with Gasteiger partial charge in [0.25, 0.3) is 5.69 Å². The number of Topliss-reactive ketones (excluding diaryl/α,β-unsaturated/α-hetero) is 1. The molecular weight excluding hydrogens is 322 g/mol. The van der Waals surface area contributed by atoms with Gasteiger partial charge in [-0.05, 0) is 30.4 Å². The van der Waals surface area contributed by atoms with Gasteiger partial charge in [0.15, 0.2) is 5.78 Å². The van der Waals surface area contributed by atoms with Crippen molar-refractivity contribution in [2.45, 2.75) is 38.0 Å². The Kier molecular flexibility index (Phi) is 8.79. The van der Waals surface area contributed by atoms with Crippen molar-refractivity contribution in [2.75, 3.05) is 6.26 Å². The number of rotatable bonds is 6. The van der Waals surface area contributed by atoms with Crippen LogP contribution in [0.3, 0.4) is 0 Å². The van der Waals surface area contributed by atoms with Crippen molar-refractivity contribution in [2.24, 2.45) is 0 Å². The molecule has 24 heavy (non-hydrogen) atoms. The van der Waals surface area contributed by atoms with Gasteiger partial charge in [-0.1, -0.05) is 44.5 Å². The summed E-state index contributed by atoms with van der Waals surface area (Å²) in [6.07, 6.45) is 4.91. The summed E-state index contributed by atoms with van der Waals surface area (Å²) < 4.78 is 0. The zero-order chi connectivity index (χ0) is 17.9. The molecule has 0 radical (unpaired) electrons. The molecule has 0 aliphatic rings. The fourth-order valence-electron chi connectivity index (χ4n) is 2.08. The van der Waals surface area contributed by atoms with E-state index in [2.05, 4.69) is 37.4 Å². The highest BCUT2D eigenvalue weighted by molar-refractivity contribution is 7.98. The van der Waals surface area contributed by atoms with Gasteiger partial charge < -0.3 is 0 Å². The Morgan fingerprint density at radius 3 is 2.29 bits per heavy atom. The average Bonchev–Trinajstić information content (AvgIpc) is 2.62. The second-order valence-corrected chi connectivity index (χ2v) is 6.06. The summed E-state index contributed by atoms with van der Waals surface area (Å²) in [5, 5.41) is 10.4. The Balaban J connectivity index is 0.000000243. The van der Waals surface area contributed by atoms with Gasteiger partial charge in [-0.3, -0.25) is 14.9 Å². The number of carbonyl (C=O) groups is 1. The Morgan fingerprint density at radius 2 is 1.79 bits per heavy atom. The van der Waals surface area contributed by atoms with Gasteiger partial charge in [0.1, 0.15) is 0 Å². The van der Waals surface area contributed by atoms with Crippen LogP contribution in [0.25, 0.3) is 0 Å². The molecule has 0 atom stereocenters. The van der Waals surface area contributed by atoms with Crippen molar-refractivity contribution in [1.82, 2.24) is 0 Å². The molecule has 2 rings (SSSR count). The third-order valence-corrected chi connectivity index (χ3v) is 4.14. The molecule has 0 fully saturated rings. The first kappa shape index (κ1) is 19.9. The van der Waals surface area contributed by atoms with Crippen LogP contribution in [0.5, 0.6) is 0 Å². The molecule has 4 nitrogen and oxygen atoms in total. The van der Waals surface area contributed by atoms with Crippen LogP contribution < -0.4 is 0 Å². The van der Waals surface area contributed by atoms with Crippen LogP contribution in [0.2, 0.25) is 0 Å². The van der Waals surface area contributed by atoms with Crippen molar-refractivity contribution in [3.05, 3.63) is 69.8 Å². The first-order chi connectivity index (χ1) is 11.5. The van der Waals surface area contributed by atoms with Crippen LogP contribution in [0.4, 0.5) is 5.69 Å². The molecule has 2 aromatic rings. The van der Waals surface area contributed by atoms with Crippen LogP contribution in [-0.2, 0) is 6.42 Å². The molecule has 0 heterocycles. The minimum atomic E-state index is -0.508. The highest BCUT2D eigenvalue weighted by Gasteiger charge is 2.09. The van der Waals surface area contributed by atoms with Gasteiger partial charge >= 0.3 is 0 Å². The molecule has 0 saturated heterocycles. The number of nitro groups is 1. The van der Waals surface area contributed by atoms with Crippen molar-refractivity contribution in [3.8, 4) is 0 Å². The summed E-state index contributed by atoms with van der Waals surface area (Å²) in [4.78, 5) is 22.4. The number of non-ortho nitro benzene ring substituents is 1. The summed E-state index contributed by atoms with van der Waals surface area (Å²) in [7, 11) is 0. The van der Waals surface area contributed by atoms with Gasteiger partial charge in [0, 0.05) is 29.0 Å². The fourth-order valence-corrected chi connectivity index (χ4v) is 2.49. The molecule has 0 bridgehead atoms. The van der Waals surface area contributed by atoms with E-state index < -0.39 is 4.92 Å². The molecule has 0 aromatic heterocycles. The molecule has 2 aromatic carbocycles. The predicted octanol–water partition coefficient (Wildman–Crippen LogP) is 5.55. The van der Waals surface area contributed by atoms with Gasteiger partial charge in [0.2, 0.25) is 0 Å². The van der Waals surface area contributed by atoms with Crippen LogP contribution in [0, 0.1) is 10.1 Å². The highest BCUT2D eigenvalue weighted by Crippen LogP contribution is 2.15. The minimum absolute atomic E-state index is 0.0423. The number of hydrogen-bond acceptors (Lipinski definition) is 4. The molecule has 0 aliphatic carbocycles. The number of hydrogen-bond donors (Lipinski definition) is 0. The third kappa shape index (κ3) is 6.54. The van der Waals surface area contributed by atoms with E-state index >= 15 is 0 Å².